The second-order valence-electron chi connectivity index (χ2n) is 6.51. The molecule has 0 bridgehead atoms. The molecule has 11 nitrogen and oxygen atoms in total. The predicted octanol–water partition coefficient (Wildman–Crippen LogP) is 3.56. The molecular formula is C21H20N4O7S. The number of nitrogens with zero attached hydrogens (tertiary/aromatic N) is 2. The van der Waals surface area contributed by atoms with E-state index in [9.17, 15) is 23.6 Å². The van der Waals surface area contributed by atoms with E-state index in [1.54, 1.807) is 36.4 Å². The quantitative estimate of drug-likeness (QED) is 0.243. The summed E-state index contributed by atoms with van der Waals surface area (Å²) in [4.78, 5) is 10.5. The summed E-state index contributed by atoms with van der Waals surface area (Å²) in [5.74, 6) is 0.384. The van der Waals surface area contributed by atoms with Gasteiger partial charge in [0.25, 0.3) is 15.7 Å². The monoisotopic (exact) mass is 472 g/mol. The average molecular weight is 472 g/mol. The molecule has 3 aromatic rings. The molecule has 33 heavy (non-hydrogen) atoms. The van der Waals surface area contributed by atoms with Crippen molar-refractivity contribution in [1.82, 2.24) is 0 Å². The minimum Gasteiger partial charge on any atom is -0.504 e. The minimum atomic E-state index is -4.14. The molecule has 0 spiro atoms. The second kappa shape index (κ2) is 9.87. The third-order valence-corrected chi connectivity index (χ3v) is 5.83. The van der Waals surface area contributed by atoms with Crippen LogP contribution in [0, 0.1) is 10.1 Å². The highest BCUT2D eigenvalue weighted by Gasteiger charge is 2.22. The van der Waals surface area contributed by atoms with Crippen LogP contribution in [0.4, 0.5) is 17.1 Å². The van der Waals surface area contributed by atoms with Gasteiger partial charge in [0.1, 0.15) is 11.4 Å². The third kappa shape index (κ3) is 5.30. The van der Waals surface area contributed by atoms with Crippen LogP contribution in [-0.2, 0) is 10.0 Å². The number of nitro groups is 1. The van der Waals surface area contributed by atoms with Crippen molar-refractivity contribution in [2.24, 2.45) is 5.10 Å². The van der Waals surface area contributed by atoms with Crippen molar-refractivity contribution in [2.75, 3.05) is 24.4 Å². The molecule has 0 aliphatic heterocycles. The van der Waals surface area contributed by atoms with Gasteiger partial charge >= 0.3 is 0 Å². The van der Waals surface area contributed by atoms with Gasteiger partial charge in [-0.2, -0.15) is 5.10 Å². The van der Waals surface area contributed by atoms with E-state index in [0.717, 1.165) is 6.07 Å². The molecule has 0 saturated heterocycles. The zero-order valence-electron chi connectivity index (χ0n) is 17.6. The van der Waals surface area contributed by atoms with E-state index < -0.39 is 20.6 Å². The number of nitrogens with one attached hydrogen (secondary N) is 2. The van der Waals surface area contributed by atoms with Crippen LogP contribution in [0.25, 0.3) is 0 Å². The predicted molar refractivity (Wildman–Crippen MR) is 123 cm³/mol. The Labute approximate surface area is 189 Å². The number of hydrazone groups is 1. The zero-order valence-corrected chi connectivity index (χ0v) is 18.4. The van der Waals surface area contributed by atoms with Gasteiger partial charge in [-0.3, -0.25) is 20.3 Å². The van der Waals surface area contributed by atoms with Crippen LogP contribution >= 0.6 is 0 Å². The van der Waals surface area contributed by atoms with Crippen molar-refractivity contribution in [3.8, 4) is 17.2 Å². The second-order valence-corrected chi connectivity index (χ2v) is 8.19. The Morgan fingerprint density at radius 3 is 2.39 bits per heavy atom. The maximum Gasteiger partial charge on any atom is 0.295 e. The number of aromatic hydroxyl groups is 1. The van der Waals surface area contributed by atoms with Gasteiger partial charge in [0, 0.05) is 11.6 Å². The molecule has 0 unspecified atom stereocenters. The lowest BCUT2D eigenvalue weighted by Gasteiger charge is -2.12. The molecule has 0 amide bonds. The van der Waals surface area contributed by atoms with E-state index >= 15 is 0 Å². The number of benzene rings is 3. The van der Waals surface area contributed by atoms with Gasteiger partial charge in [-0.15, -0.1) is 0 Å². The Hall–Kier alpha value is -4.32. The summed E-state index contributed by atoms with van der Waals surface area (Å²) in [7, 11) is -1.35. The molecule has 0 atom stereocenters. The number of sulfonamides is 1. The van der Waals surface area contributed by atoms with Crippen molar-refractivity contribution in [3.63, 3.8) is 0 Å². The van der Waals surface area contributed by atoms with E-state index in [1.807, 2.05) is 0 Å². The van der Waals surface area contributed by atoms with E-state index in [0.29, 0.717) is 11.3 Å². The molecule has 172 valence electrons. The summed E-state index contributed by atoms with van der Waals surface area (Å²) >= 11 is 0. The highest BCUT2D eigenvalue weighted by Crippen LogP contribution is 2.31. The number of hydrogen-bond donors (Lipinski definition) is 3. The van der Waals surface area contributed by atoms with E-state index in [4.69, 9.17) is 9.47 Å². The van der Waals surface area contributed by atoms with Crippen molar-refractivity contribution >= 4 is 33.3 Å². The van der Waals surface area contributed by atoms with E-state index in [2.05, 4.69) is 15.2 Å². The topological polar surface area (TPSA) is 152 Å². The number of ether oxygens (including phenoxy) is 2. The lowest BCUT2D eigenvalue weighted by molar-refractivity contribution is -0.384. The molecule has 3 rings (SSSR count). The number of rotatable bonds is 9. The number of methoxy groups -OCH3 is 2. The van der Waals surface area contributed by atoms with Crippen molar-refractivity contribution in [1.29, 1.82) is 0 Å². The maximum atomic E-state index is 12.8. The standard InChI is InChI=1S/C21H20N4O7S/c1-31-19-8-4-3-7-17(19)24-33(29,30)15-10-11-16(18(12-15)25(27)28)23-22-13-14-6-5-9-20(32-2)21(14)26/h3-13,23-24,26H,1-2H3/b22-13+. The Morgan fingerprint density at radius 2 is 1.70 bits per heavy atom. The molecular weight excluding hydrogens is 452 g/mol. The fourth-order valence-corrected chi connectivity index (χ4v) is 3.93. The first-order chi connectivity index (χ1) is 15.8. The number of nitro benzene ring substituents is 1. The first-order valence-electron chi connectivity index (χ1n) is 9.36. The Balaban J connectivity index is 1.87. The molecule has 12 heteroatoms. The molecule has 0 aliphatic carbocycles. The average Bonchev–Trinajstić information content (AvgIpc) is 2.80. The first-order valence-corrected chi connectivity index (χ1v) is 10.8. The number of phenolic OH excluding ortho intramolecular Hbond substituents is 1. The third-order valence-electron chi connectivity index (χ3n) is 4.47. The summed E-state index contributed by atoms with van der Waals surface area (Å²) in [6.45, 7) is 0. The van der Waals surface area contributed by atoms with Gasteiger partial charge in [0.05, 0.1) is 35.9 Å². The van der Waals surface area contributed by atoms with Gasteiger partial charge in [0.15, 0.2) is 11.5 Å². The summed E-state index contributed by atoms with van der Waals surface area (Å²) < 4.78 is 38.0. The lowest BCUT2D eigenvalue weighted by atomic mass is 10.2. The number of anilines is 2. The lowest BCUT2D eigenvalue weighted by Crippen LogP contribution is -2.14. The van der Waals surface area contributed by atoms with Gasteiger partial charge < -0.3 is 14.6 Å². The van der Waals surface area contributed by atoms with Crippen LogP contribution in [0.3, 0.4) is 0 Å². The smallest absolute Gasteiger partial charge is 0.295 e. The molecule has 0 aliphatic rings. The van der Waals surface area contributed by atoms with Crippen molar-refractivity contribution in [3.05, 3.63) is 76.3 Å². The maximum absolute atomic E-state index is 12.8. The van der Waals surface area contributed by atoms with Crippen molar-refractivity contribution < 1.29 is 27.9 Å². The van der Waals surface area contributed by atoms with Crippen LogP contribution in [0.1, 0.15) is 5.56 Å². The highest BCUT2D eigenvalue weighted by molar-refractivity contribution is 7.92. The minimum absolute atomic E-state index is 0.0464. The first kappa shape index (κ1) is 23.3. The summed E-state index contributed by atoms with van der Waals surface area (Å²) in [6, 6.07) is 14.5. The molecule has 0 heterocycles. The summed E-state index contributed by atoms with van der Waals surface area (Å²) in [5, 5.41) is 25.5. The normalized spacial score (nSPS) is 11.2. The van der Waals surface area contributed by atoms with Crippen LogP contribution in [0.2, 0.25) is 0 Å². The largest absolute Gasteiger partial charge is 0.504 e. The molecule has 0 fully saturated rings. The fourth-order valence-electron chi connectivity index (χ4n) is 2.84. The zero-order chi connectivity index (χ0) is 24.0. The van der Waals surface area contributed by atoms with E-state index in [-0.39, 0.29) is 27.8 Å². The molecule has 3 aromatic carbocycles. The van der Waals surface area contributed by atoms with Crippen LogP contribution in [0.15, 0.2) is 70.7 Å². The number of phenols is 1. The highest BCUT2D eigenvalue weighted by atomic mass is 32.2. The molecule has 3 N–H and O–H groups in total. The number of hydrogen-bond acceptors (Lipinski definition) is 9. The summed E-state index contributed by atoms with van der Waals surface area (Å²) in [5.41, 5.74) is 2.44. The summed E-state index contributed by atoms with van der Waals surface area (Å²) in [6.07, 6.45) is 1.25. The van der Waals surface area contributed by atoms with Crippen LogP contribution in [-0.4, -0.2) is 38.9 Å². The molecule has 0 radical (unpaired) electrons. The van der Waals surface area contributed by atoms with Crippen LogP contribution in [0.5, 0.6) is 17.2 Å². The Morgan fingerprint density at radius 1 is 1.00 bits per heavy atom. The molecule has 0 aromatic heterocycles. The van der Waals surface area contributed by atoms with Gasteiger partial charge in [-0.25, -0.2) is 8.42 Å². The SMILES string of the molecule is COc1ccccc1NS(=O)(=O)c1ccc(N/N=C/c2cccc(OC)c2O)c([N+](=O)[O-])c1. The van der Waals surface area contributed by atoms with E-state index in [1.165, 1.54) is 38.6 Å². The van der Waals surface area contributed by atoms with Gasteiger partial charge in [-0.05, 0) is 36.4 Å². The Kier molecular flexibility index (Phi) is 6.98. The van der Waals surface area contributed by atoms with Gasteiger partial charge in [-0.1, -0.05) is 18.2 Å². The van der Waals surface area contributed by atoms with Gasteiger partial charge in [0.2, 0.25) is 0 Å². The Bertz CT molecular complexity index is 1310. The molecule has 0 saturated carbocycles. The number of para-hydroxylation sites is 3. The van der Waals surface area contributed by atoms with Crippen LogP contribution < -0.4 is 19.6 Å². The van der Waals surface area contributed by atoms with Crippen molar-refractivity contribution in [2.45, 2.75) is 4.90 Å². The fraction of sp³-hybridized carbons (Fsp3) is 0.0952.